The van der Waals surface area contributed by atoms with Crippen molar-refractivity contribution in [3.63, 3.8) is 0 Å². The van der Waals surface area contributed by atoms with Crippen molar-refractivity contribution in [2.24, 2.45) is 4.99 Å². The minimum atomic E-state index is -0.657. The van der Waals surface area contributed by atoms with E-state index in [2.05, 4.69) is 11.6 Å². The van der Waals surface area contributed by atoms with Crippen molar-refractivity contribution in [1.29, 1.82) is 0 Å². The molecule has 0 saturated carbocycles. The van der Waals surface area contributed by atoms with Crippen LogP contribution >= 0.6 is 11.8 Å². The lowest BCUT2D eigenvalue weighted by Gasteiger charge is -2.33. The highest BCUT2D eigenvalue weighted by molar-refractivity contribution is 8.15. The van der Waals surface area contributed by atoms with Crippen LogP contribution in [-0.2, 0) is 14.3 Å². The van der Waals surface area contributed by atoms with Gasteiger partial charge in [0.25, 0.3) is 0 Å². The van der Waals surface area contributed by atoms with Crippen LogP contribution in [0.2, 0.25) is 0 Å². The molecule has 0 N–H and O–H groups in total. The molecule has 160 valence electrons. The Labute approximate surface area is 180 Å². The normalized spacial score (nSPS) is 20.6. The number of methoxy groups -OCH3 is 1. The topological polar surface area (TPSA) is 77.4 Å². The summed E-state index contributed by atoms with van der Waals surface area (Å²) in [5.74, 6) is 0.533. The van der Waals surface area contributed by atoms with Crippen molar-refractivity contribution in [1.82, 2.24) is 4.90 Å². The molecule has 0 spiro atoms. The Kier molecular flexibility index (Phi) is 6.87. The Bertz CT molecular complexity index is 924. The molecule has 0 aromatic heterocycles. The number of carbonyl (C=O) groups excluding carboxylic acids is 2. The number of allylic oxidation sites excluding steroid dienone is 1. The van der Waals surface area contributed by atoms with Crippen molar-refractivity contribution in [2.45, 2.75) is 38.5 Å². The summed E-state index contributed by atoms with van der Waals surface area (Å²) in [6.07, 6.45) is 2.18. The van der Waals surface area contributed by atoms with E-state index in [0.717, 1.165) is 5.56 Å². The third-order valence-corrected chi connectivity index (χ3v) is 6.20. The Hall–Kier alpha value is -2.74. The van der Waals surface area contributed by atoms with Crippen LogP contribution in [0, 0.1) is 0 Å². The van der Waals surface area contributed by atoms with Crippen molar-refractivity contribution in [3.8, 4) is 11.5 Å². The van der Waals surface area contributed by atoms with Crippen LogP contribution in [0.4, 0.5) is 0 Å². The lowest BCUT2D eigenvalue weighted by Crippen LogP contribution is -2.40. The molecule has 30 heavy (non-hydrogen) atoms. The molecule has 2 heterocycles. The summed E-state index contributed by atoms with van der Waals surface area (Å²) in [4.78, 5) is 32.2. The predicted molar refractivity (Wildman–Crippen MR) is 117 cm³/mol. The van der Waals surface area contributed by atoms with Gasteiger partial charge in [0.1, 0.15) is 6.61 Å². The number of amidine groups is 1. The Morgan fingerprint density at radius 3 is 2.73 bits per heavy atom. The smallest absolute Gasteiger partial charge is 0.338 e. The van der Waals surface area contributed by atoms with Gasteiger partial charge in [-0.25, -0.2) is 9.79 Å². The van der Waals surface area contributed by atoms with Crippen LogP contribution < -0.4 is 9.47 Å². The van der Waals surface area contributed by atoms with Crippen LogP contribution in [-0.4, -0.2) is 47.5 Å². The van der Waals surface area contributed by atoms with E-state index < -0.39 is 12.0 Å². The Morgan fingerprint density at radius 2 is 2.10 bits per heavy atom. The Morgan fingerprint density at radius 1 is 1.33 bits per heavy atom. The van der Waals surface area contributed by atoms with E-state index in [1.54, 1.807) is 31.1 Å². The molecule has 3 rings (SSSR count). The first-order chi connectivity index (χ1) is 14.5. The number of ether oxygens (including phenoxy) is 3. The van der Waals surface area contributed by atoms with E-state index in [9.17, 15) is 9.59 Å². The number of rotatable bonds is 8. The average Bonchev–Trinajstić information content (AvgIpc) is 3.06. The van der Waals surface area contributed by atoms with Gasteiger partial charge in [-0.05, 0) is 38.0 Å². The summed E-state index contributed by atoms with van der Waals surface area (Å²) in [6.45, 7) is 9.77. The minimum Gasteiger partial charge on any atom is -0.493 e. The third kappa shape index (κ3) is 3.96. The van der Waals surface area contributed by atoms with Gasteiger partial charge in [-0.1, -0.05) is 37.4 Å². The van der Waals surface area contributed by atoms with E-state index in [4.69, 9.17) is 14.2 Å². The van der Waals surface area contributed by atoms with Gasteiger partial charge in [0.2, 0.25) is 5.91 Å². The van der Waals surface area contributed by atoms with Crippen LogP contribution in [0.25, 0.3) is 0 Å². The second kappa shape index (κ2) is 9.38. The second-order valence-corrected chi connectivity index (χ2v) is 7.92. The van der Waals surface area contributed by atoms with Crippen LogP contribution in [0.5, 0.6) is 11.5 Å². The number of thioether (sulfide) groups is 1. The fourth-order valence-electron chi connectivity index (χ4n) is 3.51. The number of amides is 1. The first-order valence-electron chi connectivity index (χ1n) is 9.84. The average molecular weight is 431 g/mol. The number of esters is 1. The molecule has 1 aromatic rings. The molecule has 8 heteroatoms. The van der Waals surface area contributed by atoms with Crippen LogP contribution in [0.1, 0.15) is 38.8 Å². The summed E-state index contributed by atoms with van der Waals surface area (Å²) >= 11 is 1.43. The highest BCUT2D eigenvalue weighted by Gasteiger charge is 2.47. The predicted octanol–water partition coefficient (Wildman–Crippen LogP) is 3.86. The van der Waals surface area contributed by atoms with E-state index in [0.29, 0.717) is 41.0 Å². The zero-order valence-corrected chi connectivity index (χ0v) is 18.5. The molecule has 1 saturated heterocycles. The molecular formula is C22H26N2O5S. The second-order valence-electron chi connectivity index (χ2n) is 6.75. The van der Waals surface area contributed by atoms with Crippen molar-refractivity contribution in [2.75, 3.05) is 20.3 Å². The minimum absolute atomic E-state index is 0.0689. The first kappa shape index (κ1) is 22.0. The highest BCUT2D eigenvalue weighted by Crippen LogP contribution is 2.45. The number of carbonyl (C=O) groups is 2. The number of hydrogen-bond donors (Lipinski definition) is 0. The maximum Gasteiger partial charge on any atom is 0.338 e. The molecule has 7 nitrogen and oxygen atoms in total. The van der Waals surface area contributed by atoms with Gasteiger partial charge in [0.05, 0.1) is 36.3 Å². The fraction of sp³-hybridized carbons (Fsp3) is 0.409. The van der Waals surface area contributed by atoms with Crippen LogP contribution in [0.3, 0.4) is 0 Å². The zero-order valence-electron chi connectivity index (χ0n) is 17.6. The van der Waals surface area contributed by atoms with Gasteiger partial charge < -0.3 is 14.2 Å². The summed E-state index contributed by atoms with van der Waals surface area (Å²) in [6, 6.07) is 4.77. The van der Waals surface area contributed by atoms with Gasteiger partial charge in [-0.2, -0.15) is 0 Å². The lowest BCUT2D eigenvalue weighted by atomic mass is 9.94. The SMILES string of the molecule is C=CCOC(=O)C1=C(C)N=C2S[C@@H](CC)C(=O)N2[C@H]1c1ccc(OCC)c(OC)c1. The van der Waals surface area contributed by atoms with Gasteiger partial charge in [0, 0.05) is 0 Å². The summed E-state index contributed by atoms with van der Waals surface area (Å²) < 4.78 is 16.4. The molecule has 2 atom stereocenters. The van der Waals surface area contributed by atoms with E-state index >= 15 is 0 Å². The molecule has 2 aliphatic heterocycles. The highest BCUT2D eigenvalue weighted by atomic mass is 32.2. The number of nitrogens with zero attached hydrogens (tertiary/aromatic N) is 2. The largest absolute Gasteiger partial charge is 0.493 e. The molecule has 0 aliphatic carbocycles. The van der Waals surface area contributed by atoms with Gasteiger partial charge in [-0.3, -0.25) is 9.69 Å². The number of fused-ring (bicyclic) bond motifs is 1. The quantitative estimate of drug-likeness (QED) is 0.460. The van der Waals surface area contributed by atoms with Crippen molar-refractivity contribution >= 4 is 28.8 Å². The van der Waals surface area contributed by atoms with E-state index in [1.807, 2.05) is 19.9 Å². The number of benzene rings is 1. The molecule has 0 radical (unpaired) electrons. The standard InChI is InChI=1S/C22H26N2O5S/c1-6-11-29-21(26)18-13(4)23-22-24(20(25)17(7-2)30-22)19(18)14-9-10-15(28-8-3)16(12-14)27-5/h6,9-10,12,17,19H,1,7-8,11H2,2-5H3/t17-,19-/m0/s1. The summed E-state index contributed by atoms with van der Waals surface area (Å²) in [7, 11) is 1.56. The molecule has 0 unspecified atom stereocenters. The molecule has 1 fully saturated rings. The molecule has 0 bridgehead atoms. The van der Waals surface area contributed by atoms with Gasteiger partial charge >= 0.3 is 5.97 Å². The van der Waals surface area contributed by atoms with Gasteiger partial charge in [-0.15, -0.1) is 0 Å². The lowest BCUT2D eigenvalue weighted by molar-refractivity contribution is -0.139. The number of hydrogen-bond acceptors (Lipinski definition) is 7. The fourth-order valence-corrected chi connectivity index (χ4v) is 4.64. The Balaban J connectivity index is 2.13. The summed E-state index contributed by atoms with van der Waals surface area (Å²) in [5, 5.41) is 0.370. The van der Waals surface area contributed by atoms with E-state index in [-0.39, 0.29) is 17.8 Å². The maximum absolute atomic E-state index is 13.1. The van der Waals surface area contributed by atoms with E-state index in [1.165, 1.54) is 17.8 Å². The third-order valence-electron chi connectivity index (χ3n) is 4.88. The molecule has 1 amide bonds. The molecule has 2 aliphatic rings. The monoisotopic (exact) mass is 430 g/mol. The molecule has 1 aromatic carbocycles. The van der Waals surface area contributed by atoms with Crippen LogP contribution in [0.15, 0.2) is 47.1 Å². The number of aliphatic imine (C=N–C) groups is 1. The molecular weight excluding hydrogens is 404 g/mol. The zero-order chi connectivity index (χ0) is 21.8. The van der Waals surface area contributed by atoms with Gasteiger partial charge in [0.15, 0.2) is 16.7 Å². The maximum atomic E-state index is 13.1. The first-order valence-corrected chi connectivity index (χ1v) is 10.7. The summed E-state index contributed by atoms with van der Waals surface area (Å²) in [5.41, 5.74) is 1.58. The van der Waals surface area contributed by atoms with Crippen molar-refractivity contribution in [3.05, 3.63) is 47.7 Å². The van der Waals surface area contributed by atoms with Crippen molar-refractivity contribution < 1.29 is 23.8 Å².